The van der Waals surface area contributed by atoms with Crippen LogP contribution in [-0.2, 0) is 4.74 Å². The molecule has 0 atom stereocenters. The summed E-state index contributed by atoms with van der Waals surface area (Å²) in [4.78, 5) is 22.2. The Hall–Kier alpha value is -2.10. The van der Waals surface area contributed by atoms with Gasteiger partial charge in [0.25, 0.3) is 0 Å². The van der Waals surface area contributed by atoms with Crippen molar-refractivity contribution >= 4 is 11.9 Å². The molecule has 0 saturated heterocycles. The third kappa shape index (κ3) is 5.30. The zero-order valence-electron chi connectivity index (χ0n) is 10.9. The van der Waals surface area contributed by atoms with Crippen molar-refractivity contribution in [2.24, 2.45) is 0 Å². The third-order valence-electron chi connectivity index (χ3n) is 1.73. The minimum atomic E-state index is -1.31. The van der Waals surface area contributed by atoms with E-state index in [1.54, 1.807) is 20.8 Å². The molecule has 0 aliphatic rings. The lowest BCUT2D eigenvalue weighted by molar-refractivity contribution is -0.255. The molecule has 0 aliphatic carbocycles. The molecule has 4 nitrogen and oxygen atoms in total. The molecule has 0 bridgehead atoms. The molecular weight excluding hydrogens is 232 g/mol. The van der Waals surface area contributed by atoms with Crippen LogP contribution in [0.1, 0.15) is 41.5 Å². The highest BCUT2D eigenvalue weighted by Crippen LogP contribution is 2.13. The Kier molecular flexibility index (Phi) is 5.82. The number of carboxylic acids is 1. The van der Waals surface area contributed by atoms with Crippen molar-refractivity contribution in [3.63, 3.8) is 0 Å². The van der Waals surface area contributed by atoms with Gasteiger partial charge in [-0.2, -0.15) is 0 Å². The van der Waals surface area contributed by atoms with Gasteiger partial charge in [0.1, 0.15) is 5.60 Å². The van der Waals surface area contributed by atoms with Crippen LogP contribution in [0.25, 0.3) is 0 Å². The van der Waals surface area contributed by atoms with Gasteiger partial charge in [0.15, 0.2) is 0 Å². The van der Waals surface area contributed by atoms with Gasteiger partial charge in [-0.25, -0.2) is 4.79 Å². The van der Waals surface area contributed by atoms with Gasteiger partial charge in [-0.1, -0.05) is 12.1 Å². The van der Waals surface area contributed by atoms with Crippen LogP contribution in [0.15, 0.2) is 37.4 Å². The van der Waals surface area contributed by atoms with Crippen molar-refractivity contribution in [3.05, 3.63) is 48.6 Å². The van der Waals surface area contributed by atoms with Gasteiger partial charge in [0, 0.05) is 0 Å². The Bertz CT molecular complexity index is 430. The number of ether oxygens (including phenoxy) is 1. The fraction of sp³-hybridized carbons (Fsp3) is 0.286. The van der Waals surface area contributed by atoms with Crippen LogP contribution >= 0.6 is 0 Å². The first-order chi connectivity index (χ1) is 8.29. The molecule has 0 amide bonds. The maximum atomic E-state index is 11.6. The van der Waals surface area contributed by atoms with Gasteiger partial charge in [-0.05, 0) is 38.5 Å². The van der Waals surface area contributed by atoms with E-state index in [-0.39, 0.29) is 11.1 Å². The Labute approximate surface area is 107 Å². The first-order valence-corrected chi connectivity index (χ1v) is 5.34. The topological polar surface area (TPSA) is 66.4 Å². The molecule has 0 N–H and O–H groups in total. The van der Waals surface area contributed by atoms with E-state index in [9.17, 15) is 14.7 Å². The van der Waals surface area contributed by atoms with Gasteiger partial charge in [0.2, 0.25) is 0 Å². The molecule has 0 heterocycles. The van der Waals surface area contributed by atoms with Crippen LogP contribution in [0.2, 0.25) is 0 Å². The second kappa shape index (κ2) is 6.59. The summed E-state index contributed by atoms with van der Waals surface area (Å²) in [6.45, 7) is 11.2. The Balaban J connectivity index is 0.00000137. The van der Waals surface area contributed by atoms with Crippen molar-refractivity contribution in [1.29, 1.82) is 0 Å². The number of rotatable bonds is 2. The van der Waals surface area contributed by atoms with Crippen LogP contribution in [-0.4, -0.2) is 17.5 Å². The second-order valence-corrected chi connectivity index (χ2v) is 4.37. The number of aromatic carboxylic acids is 1. The average molecular weight is 249 g/mol. The minimum absolute atomic E-state index is 0.0386. The van der Waals surface area contributed by atoms with Gasteiger partial charge < -0.3 is 14.6 Å². The summed E-state index contributed by atoms with van der Waals surface area (Å²) in [5.74, 6) is -1.86. The number of carbonyl (C=O) groups excluding carboxylic acids is 2. The zero-order valence-corrected chi connectivity index (χ0v) is 10.9. The first kappa shape index (κ1) is 15.9. The summed E-state index contributed by atoms with van der Waals surface area (Å²) in [5, 5.41) is 10.6. The van der Waals surface area contributed by atoms with E-state index in [0.717, 1.165) is 0 Å². The van der Waals surface area contributed by atoms with E-state index in [0.29, 0.717) is 0 Å². The highest BCUT2D eigenvalue weighted by molar-refractivity contribution is 5.94. The largest absolute Gasteiger partial charge is 0.545 e. The summed E-state index contributed by atoms with van der Waals surface area (Å²) >= 11 is 0. The smallest absolute Gasteiger partial charge is 0.338 e. The SMILES string of the molecule is C=C.CC(C)(C)OC(=O)c1cccc(C(=O)[O-])c1. The van der Waals surface area contributed by atoms with E-state index in [1.807, 2.05) is 0 Å². The molecule has 4 heteroatoms. The van der Waals surface area contributed by atoms with E-state index in [1.165, 1.54) is 24.3 Å². The molecule has 0 radical (unpaired) electrons. The summed E-state index contributed by atoms with van der Waals surface area (Å²) < 4.78 is 5.11. The molecule has 1 aromatic carbocycles. The second-order valence-electron chi connectivity index (χ2n) is 4.37. The third-order valence-corrected chi connectivity index (χ3v) is 1.73. The number of carbonyl (C=O) groups is 2. The normalized spacial score (nSPS) is 9.94. The molecule has 18 heavy (non-hydrogen) atoms. The quantitative estimate of drug-likeness (QED) is 0.592. The van der Waals surface area contributed by atoms with Crippen molar-refractivity contribution in [2.45, 2.75) is 26.4 Å². The first-order valence-electron chi connectivity index (χ1n) is 5.34. The van der Waals surface area contributed by atoms with Gasteiger partial charge in [-0.3, -0.25) is 0 Å². The van der Waals surface area contributed by atoms with Crippen LogP contribution < -0.4 is 5.11 Å². The Morgan fingerprint density at radius 2 is 1.67 bits per heavy atom. The number of carboxylic acid groups (broad SMARTS) is 1. The number of hydrogen-bond donors (Lipinski definition) is 0. The molecule has 1 aromatic rings. The fourth-order valence-electron chi connectivity index (χ4n) is 1.11. The molecule has 98 valence electrons. The van der Waals surface area contributed by atoms with Crippen molar-refractivity contribution in [1.82, 2.24) is 0 Å². The van der Waals surface area contributed by atoms with Crippen LogP contribution in [0.3, 0.4) is 0 Å². The number of benzene rings is 1. The van der Waals surface area contributed by atoms with Crippen molar-refractivity contribution < 1.29 is 19.4 Å². The maximum Gasteiger partial charge on any atom is 0.338 e. The Morgan fingerprint density at radius 3 is 2.11 bits per heavy atom. The van der Waals surface area contributed by atoms with Gasteiger partial charge in [-0.15, -0.1) is 13.2 Å². The van der Waals surface area contributed by atoms with Gasteiger partial charge in [0.05, 0.1) is 11.5 Å². The van der Waals surface area contributed by atoms with Crippen LogP contribution in [0.5, 0.6) is 0 Å². The average Bonchev–Trinajstić information content (AvgIpc) is 2.29. The van der Waals surface area contributed by atoms with Gasteiger partial charge >= 0.3 is 5.97 Å². The zero-order chi connectivity index (χ0) is 14.3. The molecule has 0 saturated carbocycles. The lowest BCUT2D eigenvalue weighted by Gasteiger charge is -2.19. The Morgan fingerprint density at radius 1 is 1.17 bits per heavy atom. The monoisotopic (exact) mass is 249 g/mol. The molecule has 0 aromatic heterocycles. The molecule has 0 spiro atoms. The predicted octanol–water partition coefficient (Wildman–Crippen LogP) is 1.81. The van der Waals surface area contributed by atoms with E-state index >= 15 is 0 Å². The summed E-state index contributed by atoms with van der Waals surface area (Å²) in [6, 6.07) is 5.58. The molecule has 0 fully saturated rings. The highest BCUT2D eigenvalue weighted by Gasteiger charge is 2.17. The lowest BCUT2D eigenvalue weighted by atomic mass is 10.1. The van der Waals surface area contributed by atoms with E-state index < -0.39 is 17.5 Å². The van der Waals surface area contributed by atoms with Crippen LogP contribution in [0, 0.1) is 0 Å². The van der Waals surface area contributed by atoms with Crippen LogP contribution in [0.4, 0.5) is 0 Å². The minimum Gasteiger partial charge on any atom is -0.545 e. The maximum absolute atomic E-state index is 11.6. The van der Waals surface area contributed by atoms with E-state index in [2.05, 4.69) is 13.2 Å². The molecule has 1 rings (SSSR count). The number of esters is 1. The molecule has 0 unspecified atom stereocenters. The predicted molar refractivity (Wildman–Crippen MR) is 67.2 cm³/mol. The standard InChI is InChI=1S/C12H14O4.C2H4/c1-12(2,3)16-11(15)9-6-4-5-8(7-9)10(13)14;1-2/h4-7H,1-3H3,(H,13,14);1-2H2/p-1. The molecule has 0 aliphatic heterocycles. The van der Waals surface area contributed by atoms with E-state index in [4.69, 9.17) is 4.74 Å². The summed E-state index contributed by atoms with van der Waals surface area (Å²) in [6.07, 6.45) is 0. The van der Waals surface area contributed by atoms with Crippen molar-refractivity contribution in [2.75, 3.05) is 0 Å². The molecular formula is C14H17O4-. The highest BCUT2D eigenvalue weighted by atomic mass is 16.6. The van der Waals surface area contributed by atoms with Crippen molar-refractivity contribution in [3.8, 4) is 0 Å². The lowest BCUT2D eigenvalue weighted by Crippen LogP contribution is -2.25. The summed E-state index contributed by atoms with van der Waals surface area (Å²) in [5.41, 5.74) is -0.436. The number of hydrogen-bond acceptors (Lipinski definition) is 4. The fourth-order valence-corrected chi connectivity index (χ4v) is 1.11. The summed E-state index contributed by atoms with van der Waals surface area (Å²) in [7, 11) is 0.